The van der Waals surface area contributed by atoms with Gasteiger partial charge in [0, 0.05) is 36.4 Å². The van der Waals surface area contributed by atoms with E-state index >= 15 is 0 Å². The highest BCUT2D eigenvalue weighted by molar-refractivity contribution is 6.07. The van der Waals surface area contributed by atoms with Gasteiger partial charge in [-0.1, -0.05) is 30.3 Å². The van der Waals surface area contributed by atoms with Gasteiger partial charge >= 0.3 is 0 Å². The number of pyridine rings is 2. The molecule has 0 saturated carbocycles. The first-order valence-corrected chi connectivity index (χ1v) is 10.7. The zero-order valence-electron chi connectivity index (χ0n) is 17.8. The van der Waals surface area contributed by atoms with E-state index in [4.69, 9.17) is 4.98 Å². The Morgan fingerprint density at radius 1 is 0.969 bits per heavy atom. The van der Waals surface area contributed by atoms with Crippen molar-refractivity contribution in [3.63, 3.8) is 0 Å². The largest absolute Gasteiger partial charge is 0.352 e. The van der Waals surface area contributed by atoms with E-state index in [9.17, 15) is 4.79 Å². The molecule has 6 nitrogen and oxygen atoms in total. The van der Waals surface area contributed by atoms with E-state index < -0.39 is 0 Å². The Morgan fingerprint density at radius 2 is 1.78 bits per heavy atom. The van der Waals surface area contributed by atoms with Crippen LogP contribution in [-0.4, -0.2) is 32.0 Å². The van der Waals surface area contributed by atoms with E-state index in [1.165, 1.54) is 0 Å². The minimum Gasteiger partial charge on any atom is -0.352 e. The molecule has 0 aliphatic carbocycles. The average molecular weight is 422 g/mol. The van der Waals surface area contributed by atoms with Crippen molar-refractivity contribution in [2.45, 2.75) is 19.9 Å². The lowest BCUT2D eigenvalue weighted by Crippen LogP contribution is -2.25. The lowest BCUT2D eigenvalue weighted by molar-refractivity contribution is 0.0954. The number of fused-ring (bicyclic) bond motifs is 2. The molecule has 0 fully saturated rings. The van der Waals surface area contributed by atoms with Crippen molar-refractivity contribution in [1.82, 2.24) is 24.8 Å². The van der Waals surface area contributed by atoms with Crippen LogP contribution in [0.2, 0.25) is 0 Å². The smallest absolute Gasteiger partial charge is 0.252 e. The molecular weight excluding hydrogens is 398 g/mol. The van der Waals surface area contributed by atoms with E-state index in [1.54, 1.807) is 12.4 Å². The summed E-state index contributed by atoms with van der Waals surface area (Å²) in [6.07, 6.45) is 4.30. The number of aryl methyl sites for hydroxylation is 2. The van der Waals surface area contributed by atoms with Gasteiger partial charge in [-0.15, -0.1) is 0 Å². The summed E-state index contributed by atoms with van der Waals surface area (Å²) >= 11 is 0. The molecule has 5 aromatic rings. The maximum absolute atomic E-state index is 13.1. The molecule has 0 saturated heterocycles. The molecule has 1 N–H and O–H groups in total. The van der Waals surface area contributed by atoms with Crippen LogP contribution in [0, 0.1) is 6.92 Å². The summed E-state index contributed by atoms with van der Waals surface area (Å²) in [4.78, 5) is 26.6. The Bertz CT molecular complexity index is 1410. The Morgan fingerprint density at radius 3 is 2.62 bits per heavy atom. The number of nitrogens with one attached hydrogen (secondary N) is 1. The van der Waals surface area contributed by atoms with Crippen molar-refractivity contribution in [1.29, 1.82) is 0 Å². The number of carbonyl (C=O) groups excluding carboxylic acids is 1. The van der Waals surface area contributed by atoms with E-state index in [1.807, 2.05) is 67.6 Å². The number of amides is 1. The van der Waals surface area contributed by atoms with E-state index in [0.29, 0.717) is 12.1 Å². The highest BCUT2D eigenvalue weighted by Gasteiger charge is 2.14. The van der Waals surface area contributed by atoms with Crippen LogP contribution in [0.3, 0.4) is 0 Å². The monoisotopic (exact) mass is 421 g/mol. The van der Waals surface area contributed by atoms with Crippen LogP contribution in [0.5, 0.6) is 0 Å². The molecule has 158 valence electrons. The number of hydrogen-bond donors (Lipinski definition) is 1. The number of hydrogen-bond acceptors (Lipinski definition) is 4. The summed E-state index contributed by atoms with van der Waals surface area (Å²) < 4.78 is 2.20. The fourth-order valence-electron chi connectivity index (χ4n) is 4.04. The summed E-state index contributed by atoms with van der Waals surface area (Å²) in [6, 6.07) is 21.5. The lowest BCUT2D eigenvalue weighted by Gasteiger charge is -2.11. The molecule has 0 atom stereocenters. The van der Waals surface area contributed by atoms with Gasteiger partial charge in [0.2, 0.25) is 0 Å². The Hall–Kier alpha value is -4.06. The zero-order chi connectivity index (χ0) is 21.9. The number of carbonyl (C=O) groups is 1. The highest BCUT2D eigenvalue weighted by atomic mass is 16.1. The number of benzene rings is 2. The van der Waals surface area contributed by atoms with Crippen LogP contribution in [-0.2, 0) is 6.54 Å². The third-order valence-corrected chi connectivity index (χ3v) is 5.61. The van der Waals surface area contributed by atoms with Gasteiger partial charge in [0.1, 0.15) is 5.82 Å². The first-order valence-electron chi connectivity index (χ1n) is 10.7. The molecule has 0 radical (unpaired) electrons. The Kier molecular flexibility index (Phi) is 5.34. The standard InChI is InChI=1S/C26H23N5O/c1-18-29-23-11-4-5-12-25(23)31(18)15-7-14-28-26(32)21-16-24(19-8-6-13-27-17-19)30-22-10-3-2-9-20(21)22/h2-6,8-13,16-17H,7,14-15H2,1H3,(H,28,32). The van der Waals surface area contributed by atoms with Crippen LogP contribution in [0.1, 0.15) is 22.6 Å². The second-order valence-corrected chi connectivity index (χ2v) is 7.72. The summed E-state index contributed by atoms with van der Waals surface area (Å²) in [5.41, 5.74) is 5.16. The van der Waals surface area contributed by atoms with Gasteiger partial charge in [-0.2, -0.15) is 0 Å². The fourth-order valence-corrected chi connectivity index (χ4v) is 4.04. The average Bonchev–Trinajstić information content (AvgIpc) is 3.16. The van der Waals surface area contributed by atoms with Crippen LogP contribution in [0.25, 0.3) is 33.2 Å². The fraction of sp³-hybridized carbons (Fsp3) is 0.154. The molecular formula is C26H23N5O. The first-order chi connectivity index (χ1) is 15.7. The van der Waals surface area contributed by atoms with Gasteiger partial charge in [0.05, 0.1) is 27.8 Å². The van der Waals surface area contributed by atoms with Gasteiger partial charge in [-0.25, -0.2) is 9.97 Å². The first kappa shape index (κ1) is 19.9. The number of aromatic nitrogens is 4. The third kappa shape index (κ3) is 3.83. The summed E-state index contributed by atoms with van der Waals surface area (Å²) in [7, 11) is 0. The number of imidazole rings is 1. The zero-order valence-corrected chi connectivity index (χ0v) is 17.8. The SMILES string of the molecule is Cc1nc2ccccc2n1CCCNC(=O)c1cc(-c2cccnc2)nc2ccccc12. The second kappa shape index (κ2) is 8.59. The molecule has 3 heterocycles. The molecule has 6 heteroatoms. The molecule has 0 aliphatic heterocycles. The minimum atomic E-state index is -0.0963. The van der Waals surface area contributed by atoms with Crippen LogP contribution in [0.15, 0.2) is 79.1 Å². The third-order valence-electron chi connectivity index (χ3n) is 5.61. The van der Waals surface area contributed by atoms with E-state index in [-0.39, 0.29) is 5.91 Å². The van der Waals surface area contributed by atoms with Crippen molar-refractivity contribution in [3.05, 3.63) is 90.5 Å². The normalized spacial score (nSPS) is 11.2. The highest BCUT2D eigenvalue weighted by Crippen LogP contribution is 2.24. The molecule has 0 unspecified atom stereocenters. The molecule has 1 amide bonds. The Balaban J connectivity index is 1.34. The molecule has 3 aromatic heterocycles. The molecule has 0 aliphatic rings. The quantitative estimate of drug-likeness (QED) is 0.401. The van der Waals surface area contributed by atoms with Crippen molar-refractivity contribution < 1.29 is 4.79 Å². The molecule has 5 rings (SSSR count). The van der Waals surface area contributed by atoms with Crippen molar-refractivity contribution in [2.24, 2.45) is 0 Å². The summed E-state index contributed by atoms with van der Waals surface area (Å²) in [5.74, 6) is 0.889. The number of nitrogens with zero attached hydrogens (tertiary/aromatic N) is 4. The van der Waals surface area contributed by atoms with E-state index in [2.05, 4.69) is 25.9 Å². The van der Waals surface area contributed by atoms with Crippen LogP contribution < -0.4 is 5.32 Å². The predicted molar refractivity (Wildman–Crippen MR) is 126 cm³/mol. The van der Waals surface area contributed by atoms with Crippen molar-refractivity contribution >= 4 is 27.8 Å². The maximum atomic E-state index is 13.1. The van der Waals surface area contributed by atoms with Gasteiger partial charge in [0.25, 0.3) is 5.91 Å². The van der Waals surface area contributed by atoms with Crippen LogP contribution in [0.4, 0.5) is 0 Å². The Labute approximate surface area is 186 Å². The topological polar surface area (TPSA) is 72.7 Å². The van der Waals surface area contributed by atoms with Gasteiger partial charge in [-0.3, -0.25) is 9.78 Å². The van der Waals surface area contributed by atoms with Gasteiger partial charge in [-0.05, 0) is 49.7 Å². The second-order valence-electron chi connectivity index (χ2n) is 7.72. The van der Waals surface area contributed by atoms with Crippen molar-refractivity contribution in [2.75, 3.05) is 6.54 Å². The van der Waals surface area contributed by atoms with Gasteiger partial charge < -0.3 is 9.88 Å². The molecule has 32 heavy (non-hydrogen) atoms. The van der Waals surface area contributed by atoms with E-state index in [0.717, 1.165) is 52.0 Å². The maximum Gasteiger partial charge on any atom is 0.252 e. The van der Waals surface area contributed by atoms with Gasteiger partial charge in [0.15, 0.2) is 0 Å². The summed E-state index contributed by atoms with van der Waals surface area (Å²) in [5, 5.41) is 3.93. The number of rotatable bonds is 6. The molecule has 2 aromatic carbocycles. The lowest BCUT2D eigenvalue weighted by atomic mass is 10.0. The molecule has 0 spiro atoms. The minimum absolute atomic E-state index is 0.0963. The van der Waals surface area contributed by atoms with Crippen LogP contribution >= 0.6 is 0 Å². The number of para-hydroxylation sites is 3. The van der Waals surface area contributed by atoms with Crippen molar-refractivity contribution in [3.8, 4) is 11.3 Å². The molecule has 0 bridgehead atoms. The predicted octanol–water partition coefficient (Wildman–Crippen LogP) is 4.78. The summed E-state index contributed by atoms with van der Waals surface area (Å²) in [6.45, 7) is 3.38.